The number of hydrogen-bond acceptors (Lipinski definition) is 3. The summed E-state index contributed by atoms with van der Waals surface area (Å²) in [7, 11) is 0. The maximum atomic E-state index is 11.4. The molecule has 2 rings (SSSR count). The molecule has 0 saturated heterocycles. The summed E-state index contributed by atoms with van der Waals surface area (Å²) in [5, 5.41) is 15.5. The first-order valence-electron chi connectivity index (χ1n) is 6.90. The molecule has 17 heavy (non-hydrogen) atoms. The van der Waals surface area contributed by atoms with Crippen LogP contribution >= 0.6 is 0 Å². The third kappa shape index (κ3) is 4.28. The molecule has 2 unspecified atom stereocenters. The predicted octanol–water partition coefficient (Wildman–Crippen LogP) is 0.653. The van der Waals surface area contributed by atoms with E-state index in [4.69, 9.17) is 0 Å². The van der Waals surface area contributed by atoms with Crippen molar-refractivity contribution in [2.75, 3.05) is 19.7 Å². The highest BCUT2D eigenvalue weighted by atomic mass is 16.3. The van der Waals surface area contributed by atoms with Crippen molar-refractivity contribution in [2.45, 2.75) is 44.6 Å². The van der Waals surface area contributed by atoms with E-state index in [0.717, 1.165) is 32.4 Å². The van der Waals surface area contributed by atoms with Gasteiger partial charge in [-0.15, -0.1) is 0 Å². The standard InChI is InChI=1S/C13H24N2O2/c16-9-11-3-1-2-10(11)8-14-7-6-13(17)15-12-4-5-12/h10-12,14,16H,1-9H2,(H,15,17). The fourth-order valence-electron chi connectivity index (χ4n) is 2.64. The minimum atomic E-state index is 0.171. The van der Waals surface area contributed by atoms with Crippen LogP contribution in [0, 0.1) is 11.8 Å². The van der Waals surface area contributed by atoms with Crippen molar-refractivity contribution >= 4 is 5.91 Å². The zero-order valence-electron chi connectivity index (χ0n) is 10.5. The van der Waals surface area contributed by atoms with Crippen molar-refractivity contribution in [1.29, 1.82) is 0 Å². The number of hydrogen-bond donors (Lipinski definition) is 3. The van der Waals surface area contributed by atoms with Crippen LogP contribution in [0.1, 0.15) is 38.5 Å². The van der Waals surface area contributed by atoms with E-state index in [1.165, 1.54) is 12.8 Å². The van der Waals surface area contributed by atoms with Crippen molar-refractivity contribution in [1.82, 2.24) is 10.6 Å². The highest BCUT2D eigenvalue weighted by Crippen LogP contribution is 2.30. The Morgan fingerprint density at radius 1 is 1.18 bits per heavy atom. The van der Waals surface area contributed by atoms with Gasteiger partial charge >= 0.3 is 0 Å². The van der Waals surface area contributed by atoms with Crippen molar-refractivity contribution in [3.8, 4) is 0 Å². The van der Waals surface area contributed by atoms with Gasteiger partial charge in [0.15, 0.2) is 0 Å². The maximum Gasteiger partial charge on any atom is 0.221 e. The molecule has 2 aliphatic carbocycles. The molecule has 2 aliphatic rings. The normalized spacial score (nSPS) is 28.3. The van der Waals surface area contributed by atoms with Gasteiger partial charge in [0.1, 0.15) is 0 Å². The molecule has 0 bridgehead atoms. The van der Waals surface area contributed by atoms with E-state index in [-0.39, 0.29) is 5.91 Å². The largest absolute Gasteiger partial charge is 0.396 e. The van der Waals surface area contributed by atoms with E-state index in [0.29, 0.717) is 30.9 Å². The lowest BCUT2D eigenvalue weighted by atomic mass is 9.97. The minimum Gasteiger partial charge on any atom is -0.396 e. The molecule has 0 heterocycles. The molecule has 1 amide bonds. The first-order chi connectivity index (χ1) is 8.29. The van der Waals surface area contributed by atoms with E-state index < -0.39 is 0 Å². The lowest BCUT2D eigenvalue weighted by Crippen LogP contribution is -2.32. The second kappa shape index (κ2) is 6.36. The maximum absolute atomic E-state index is 11.4. The molecule has 2 fully saturated rings. The molecule has 2 saturated carbocycles. The summed E-state index contributed by atoms with van der Waals surface area (Å²) >= 11 is 0. The zero-order chi connectivity index (χ0) is 12.1. The van der Waals surface area contributed by atoms with Gasteiger partial charge in [-0.1, -0.05) is 6.42 Å². The molecule has 0 aromatic carbocycles. The Bertz CT molecular complexity index is 254. The van der Waals surface area contributed by atoms with Gasteiger partial charge in [0.25, 0.3) is 0 Å². The fourth-order valence-corrected chi connectivity index (χ4v) is 2.64. The van der Waals surface area contributed by atoms with Crippen LogP contribution in [0.25, 0.3) is 0 Å². The third-order valence-electron chi connectivity index (χ3n) is 3.93. The molecule has 0 aliphatic heterocycles. The van der Waals surface area contributed by atoms with E-state index in [2.05, 4.69) is 10.6 Å². The summed E-state index contributed by atoms with van der Waals surface area (Å²) in [5.41, 5.74) is 0. The molecule has 0 spiro atoms. The van der Waals surface area contributed by atoms with Crippen LogP contribution in [-0.2, 0) is 4.79 Å². The molecule has 3 N–H and O–H groups in total. The van der Waals surface area contributed by atoms with Crippen molar-refractivity contribution in [3.63, 3.8) is 0 Å². The van der Waals surface area contributed by atoms with E-state index in [1.54, 1.807) is 0 Å². The van der Waals surface area contributed by atoms with Gasteiger partial charge in [-0.05, 0) is 44.1 Å². The number of carbonyl (C=O) groups excluding carboxylic acids is 1. The highest BCUT2D eigenvalue weighted by Gasteiger charge is 2.26. The van der Waals surface area contributed by atoms with Crippen molar-refractivity contribution < 1.29 is 9.90 Å². The number of carbonyl (C=O) groups is 1. The van der Waals surface area contributed by atoms with E-state index in [1.807, 2.05) is 0 Å². The molecule has 98 valence electrons. The Balaban J connectivity index is 1.51. The second-order valence-electron chi connectivity index (χ2n) is 5.43. The molecule has 2 atom stereocenters. The average molecular weight is 240 g/mol. The molecule has 0 radical (unpaired) electrons. The first-order valence-corrected chi connectivity index (χ1v) is 6.90. The SMILES string of the molecule is O=C(CCNCC1CCCC1CO)NC1CC1. The lowest BCUT2D eigenvalue weighted by molar-refractivity contribution is -0.121. The molecular formula is C13H24N2O2. The van der Waals surface area contributed by atoms with Gasteiger partial charge in [-0.2, -0.15) is 0 Å². The molecule has 4 heteroatoms. The zero-order valence-corrected chi connectivity index (χ0v) is 10.5. The van der Waals surface area contributed by atoms with Crippen LogP contribution in [0.2, 0.25) is 0 Å². The third-order valence-corrected chi connectivity index (χ3v) is 3.93. The Morgan fingerprint density at radius 2 is 1.94 bits per heavy atom. The summed E-state index contributed by atoms with van der Waals surface area (Å²) in [5.74, 6) is 1.25. The Morgan fingerprint density at radius 3 is 2.65 bits per heavy atom. The van der Waals surface area contributed by atoms with Crippen LogP contribution < -0.4 is 10.6 Å². The summed E-state index contributed by atoms with van der Waals surface area (Å²) in [6.07, 6.45) is 6.49. The minimum absolute atomic E-state index is 0.171. The Labute approximate surface area is 103 Å². The van der Waals surface area contributed by atoms with Gasteiger partial charge in [0.05, 0.1) is 0 Å². The lowest BCUT2D eigenvalue weighted by Gasteiger charge is -2.17. The van der Waals surface area contributed by atoms with Crippen LogP contribution in [0.15, 0.2) is 0 Å². The summed E-state index contributed by atoms with van der Waals surface area (Å²) in [4.78, 5) is 11.4. The van der Waals surface area contributed by atoms with Crippen LogP contribution in [0.4, 0.5) is 0 Å². The van der Waals surface area contributed by atoms with E-state index >= 15 is 0 Å². The van der Waals surface area contributed by atoms with Crippen molar-refractivity contribution in [2.24, 2.45) is 11.8 Å². The molecule has 0 aromatic heterocycles. The average Bonchev–Trinajstić information content (AvgIpc) is 3.01. The second-order valence-corrected chi connectivity index (χ2v) is 5.43. The highest BCUT2D eigenvalue weighted by molar-refractivity contribution is 5.76. The van der Waals surface area contributed by atoms with Crippen LogP contribution in [0.5, 0.6) is 0 Å². The number of aliphatic hydroxyl groups excluding tert-OH is 1. The summed E-state index contributed by atoms with van der Waals surface area (Å²) in [6, 6.07) is 0.469. The predicted molar refractivity (Wildman–Crippen MR) is 66.6 cm³/mol. The Kier molecular flexibility index (Phi) is 4.80. The molecule has 4 nitrogen and oxygen atoms in total. The first kappa shape index (κ1) is 12.8. The number of aliphatic hydroxyl groups is 1. The van der Waals surface area contributed by atoms with Gasteiger partial charge in [-0.3, -0.25) is 4.79 Å². The van der Waals surface area contributed by atoms with Gasteiger partial charge in [0, 0.05) is 25.6 Å². The van der Waals surface area contributed by atoms with Crippen LogP contribution in [-0.4, -0.2) is 36.8 Å². The summed E-state index contributed by atoms with van der Waals surface area (Å²) in [6.45, 7) is 2.02. The number of rotatable bonds is 7. The number of amides is 1. The number of nitrogens with one attached hydrogen (secondary N) is 2. The molecular weight excluding hydrogens is 216 g/mol. The van der Waals surface area contributed by atoms with Crippen LogP contribution in [0.3, 0.4) is 0 Å². The van der Waals surface area contributed by atoms with E-state index in [9.17, 15) is 9.90 Å². The van der Waals surface area contributed by atoms with Gasteiger partial charge in [0.2, 0.25) is 5.91 Å². The molecule has 0 aromatic rings. The topological polar surface area (TPSA) is 61.4 Å². The quantitative estimate of drug-likeness (QED) is 0.573. The van der Waals surface area contributed by atoms with Crippen molar-refractivity contribution in [3.05, 3.63) is 0 Å². The smallest absolute Gasteiger partial charge is 0.221 e. The van der Waals surface area contributed by atoms with Gasteiger partial charge < -0.3 is 15.7 Å². The van der Waals surface area contributed by atoms with Gasteiger partial charge in [-0.25, -0.2) is 0 Å². The summed E-state index contributed by atoms with van der Waals surface area (Å²) < 4.78 is 0. The Hall–Kier alpha value is -0.610. The fraction of sp³-hybridized carbons (Fsp3) is 0.923. The monoisotopic (exact) mass is 240 g/mol.